The molecule has 1 aliphatic carbocycles. The molecule has 1 saturated heterocycles. The number of nitrogens with zero attached hydrogens (tertiary/aromatic N) is 2. The van der Waals surface area contributed by atoms with Crippen molar-refractivity contribution in [2.24, 2.45) is 5.41 Å². The summed E-state index contributed by atoms with van der Waals surface area (Å²) in [6.45, 7) is 0. The smallest absolute Gasteiger partial charge is 0.356 e. The second kappa shape index (κ2) is 4.95. The van der Waals surface area contributed by atoms with Crippen molar-refractivity contribution in [3.05, 3.63) is 24.0 Å². The minimum absolute atomic E-state index is 0.0767. The van der Waals surface area contributed by atoms with E-state index in [1.807, 2.05) is 0 Å². The molecule has 3 rings (SSSR count). The Labute approximate surface area is 121 Å². The number of carboxylic acids is 1. The summed E-state index contributed by atoms with van der Waals surface area (Å²) < 4.78 is 0. The van der Waals surface area contributed by atoms with E-state index in [9.17, 15) is 14.4 Å². The van der Waals surface area contributed by atoms with E-state index >= 15 is 0 Å². The molecule has 1 aliphatic heterocycles. The predicted octanol–water partition coefficient (Wildman–Crippen LogP) is 1.99. The van der Waals surface area contributed by atoms with Gasteiger partial charge in [-0.1, -0.05) is 12.8 Å². The zero-order valence-electron chi connectivity index (χ0n) is 11.5. The lowest BCUT2D eigenvalue weighted by Gasteiger charge is -2.37. The maximum atomic E-state index is 12.4. The molecule has 0 radical (unpaired) electrons. The Balaban J connectivity index is 1.95. The van der Waals surface area contributed by atoms with Crippen LogP contribution in [-0.4, -0.2) is 27.9 Å². The van der Waals surface area contributed by atoms with Crippen molar-refractivity contribution in [1.29, 1.82) is 0 Å². The highest BCUT2D eigenvalue weighted by Gasteiger charge is 2.46. The van der Waals surface area contributed by atoms with Crippen LogP contribution in [0.4, 0.5) is 5.69 Å². The minimum Gasteiger partial charge on any atom is -0.476 e. The molecular weight excluding hydrogens is 272 g/mol. The van der Waals surface area contributed by atoms with Crippen LogP contribution in [0.5, 0.6) is 0 Å². The van der Waals surface area contributed by atoms with E-state index in [4.69, 9.17) is 5.11 Å². The molecule has 21 heavy (non-hydrogen) atoms. The van der Waals surface area contributed by atoms with Gasteiger partial charge in [-0.15, -0.1) is 0 Å². The topological polar surface area (TPSA) is 87.6 Å². The molecule has 2 heterocycles. The van der Waals surface area contributed by atoms with Gasteiger partial charge in [-0.25, -0.2) is 14.7 Å². The van der Waals surface area contributed by atoms with E-state index in [0.29, 0.717) is 12.8 Å². The molecule has 110 valence electrons. The van der Waals surface area contributed by atoms with Crippen LogP contribution >= 0.6 is 0 Å². The number of carbonyl (C=O) groups is 3. The fourth-order valence-corrected chi connectivity index (χ4v) is 3.49. The first-order valence-corrected chi connectivity index (χ1v) is 7.07. The number of aromatic carboxylic acids is 1. The number of amides is 2. The van der Waals surface area contributed by atoms with Crippen LogP contribution in [0.1, 0.15) is 49.0 Å². The third-order valence-electron chi connectivity index (χ3n) is 4.45. The second-order valence-electron chi connectivity index (χ2n) is 5.86. The van der Waals surface area contributed by atoms with E-state index in [2.05, 4.69) is 4.98 Å². The van der Waals surface area contributed by atoms with E-state index in [1.54, 1.807) is 0 Å². The van der Waals surface area contributed by atoms with Gasteiger partial charge in [0, 0.05) is 19.0 Å². The van der Waals surface area contributed by atoms with Gasteiger partial charge in [0.1, 0.15) is 0 Å². The third-order valence-corrected chi connectivity index (χ3v) is 4.45. The maximum absolute atomic E-state index is 12.4. The maximum Gasteiger partial charge on any atom is 0.356 e. The summed E-state index contributed by atoms with van der Waals surface area (Å²) in [6.07, 6.45) is 5.86. The number of imide groups is 1. The highest BCUT2D eigenvalue weighted by atomic mass is 16.4. The van der Waals surface area contributed by atoms with Gasteiger partial charge in [0.05, 0.1) is 5.69 Å². The van der Waals surface area contributed by atoms with Crippen LogP contribution in [0.2, 0.25) is 0 Å². The monoisotopic (exact) mass is 288 g/mol. The zero-order valence-corrected chi connectivity index (χ0v) is 11.5. The van der Waals surface area contributed by atoms with Gasteiger partial charge in [-0.05, 0) is 30.4 Å². The molecule has 2 fully saturated rings. The molecule has 0 unspecified atom stereocenters. The average Bonchev–Trinajstić information content (AvgIpc) is 2.86. The Kier molecular flexibility index (Phi) is 3.23. The van der Waals surface area contributed by atoms with Gasteiger partial charge in [0.2, 0.25) is 11.8 Å². The number of aromatic nitrogens is 1. The molecule has 2 amide bonds. The fraction of sp³-hybridized carbons (Fsp3) is 0.467. The summed E-state index contributed by atoms with van der Waals surface area (Å²) in [5, 5.41) is 9.16. The highest BCUT2D eigenvalue weighted by Crippen LogP contribution is 2.47. The standard InChI is InChI=1S/C15H16N2O4/c18-11-8-15(5-1-2-6-15)9-12(19)17(11)10-4-3-7-16-13(10)14(20)21/h3-4,7H,1-2,5-6,8-9H2,(H,20,21). The molecule has 1 aromatic heterocycles. The zero-order chi connectivity index (χ0) is 15.0. The van der Waals surface area contributed by atoms with Crippen LogP contribution < -0.4 is 4.90 Å². The first-order chi connectivity index (χ1) is 10.0. The molecule has 6 heteroatoms. The Hall–Kier alpha value is -2.24. The first kappa shape index (κ1) is 13.7. The van der Waals surface area contributed by atoms with Crippen molar-refractivity contribution in [2.75, 3.05) is 4.90 Å². The SMILES string of the molecule is O=C(O)c1ncccc1N1C(=O)CC2(CCCC2)CC1=O. The Morgan fingerprint density at radius 1 is 1.19 bits per heavy atom. The number of carboxylic acid groups (broad SMARTS) is 1. The molecule has 1 spiro atoms. The quantitative estimate of drug-likeness (QED) is 0.841. The third kappa shape index (κ3) is 2.30. The lowest BCUT2D eigenvalue weighted by atomic mass is 9.76. The van der Waals surface area contributed by atoms with Crippen LogP contribution in [0.25, 0.3) is 0 Å². The van der Waals surface area contributed by atoms with Crippen molar-refractivity contribution in [3.63, 3.8) is 0 Å². The van der Waals surface area contributed by atoms with Crippen molar-refractivity contribution in [1.82, 2.24) is 4.98 Å². The normalized spacial score (nSPS) is 21.0. The van der Waals surface area contributed by atoms with Gasteiger partial charge in [0.25, 0.3) is 0 Å². The molecule has 0 aromatic carbocycles. The Bertz CT molecular complexity index is 600. The summed E-state index contributed by atoms with van der Waals surface area (Å²) in [7, 11) is 0. The van der Waals surface area contributed by atoms with E-state index < -0.39 is 5.97 Å². The predicted molar refractivity (Wildman–Crippen MR) is 73.8 cm³/mol. The summed E-state index contributed by atoms with van der Waals surface area (Å²) in [5.41, 5.74) is -0.384. The highest BCUT2D eigenvalue weighted by molar-refractivity contribution is 6.19. The summed E-state index contributed by atoms with van der Waals surface area (Å²) in [5.74, 6) is -1.88. The van der Waals surface area contributed by atoms with Crippen LogP contribution in [0.3, 0.4) is 0 Å². The van der Waals surface area contributed by atoms with E-state index in [0.717, 1.165) is 30.6 Å². The van der Waals surface area contributed by atoms with Gasteiger partial charge in [-0.3, -0.25) is 9.59 Å². The molecule has 2 aliphatic rings. The van der Waals surface area contributed by atoms with Gasteiger partial charge in [0.15, 0.2) is 5.69 Å². The number of piperidine rings is 1. The molecule has 0 atom stereocenters. The summed E-state index contributed by atoms with van der Waals surface area (Å²) in [6, 6.07) is 2.99. The van der Waals surface area contributed by atoms with E-state index in [1.165, 1.54) is 18.3 Å². The summed E-state index contributed by atoms with van der Waals surface area (Å²) >= 11 is 0. The number of rotatable bonds is 2. The van der Waals surface area contributed by atoms with Crippen molar-refractivity contribution < 1.29 is 19.5 Å². The Morgan fingerprint density at radius 2 is 1.81 bits per heavy atom. The van der Waals surface area contributed by atoms with Crippen molar-refractivity contribution in [2.45, 2.75) is 38.5 Å². The number of hydrogen-bond acceptors (Lipinski definition) is 4. The van der Waals surface area contributed by atoms with Crippen LogP contribution in [0, 0.1) is 5.41 Å². The molecule has 6 nitrogen and oxygen atoms in total. The minimum atomic E-state index is -1.24. The number of pyridine rings is 1. The van der Waals surface area contributed by atoms with Crippen LogP contribution in [0.15, 0.2) is 18.3 Å². The van der Waals surface area contributed by atoms with Gasteiger partial charge < -0.3 is 5.11 Å². The van der Waals surface area contributed by atoms with Gasteiger partial charge >= 0.3 is 5.97 Å². The molecule has 0 bridgehead atoms. The fourth-order valence-electron chi connectivity index (χ4n) is 3.49. The molecular formula is C15H16N2O4. The first-order valence-electron chi connectivity index (χ1n) is 7.07. The molecule has 1 saturated carbocycles. The number of hydrogen-bond donors (Lipinski definition) is 1. The second-order valence-corrected chi connectivity index (χ2v) is 5.86. The molecule has 1 aromatic rings. The average molecular weight is 288 g/mol. The molecule has 1 N–H and O–H groups in total. The van der Waals surface area contributed by atoms with Crippen molar-refractivity contribution >= 4 is 23.5 Å². The van der Waals surface area contributed by atoms with Crippen molar-refractivity contribution in [3.8, 4) is 0 Å². The number of carbonyl (C=O) groups excluding carboxylic acids is 2. The lowest BCUT2D eigenvalue weighted by molar-refractivity contribution is -0.133. The largest absolute Gasteiger partial charge is 0.476 e. The Morgan fingerprint density at radius 3 is 2.38 bits per heavy atom. The van der Waals surface area contributed by atoms with Gasteiger partial charge in [-0.2, -0.15) is 0 Å². The summed E-state index contributed by atoms with van der Waals surface area (Å²) in [4.78, 5) is 40.8. The lowest BCUT2D eigenvalue weighted by Crippen LogP contribution is -2.48. The number of anilines is 1. The van der Waals surface area contributed by atoms with Crippen LogP contribution in [-0.2, 0) is 9.59 Å². The van der Waals surface area contributed by atoms with E-state index in [-0.39, 0.29) is 28.6 Å².